The van der Waals surface area contributed by atoms with E-state index in [1.807, 2.05) is 12.3 Å². The molecule has 2 rings (SSSR count). The molecule has 23 heavy (non-hydrogen) atoms. The van der Waals surface area contributed by atoms with Gasteiger partial charge in [0.05, 0.1) is 5.57 Å². The van der Waals surface area contributed by atoms with Crippen LogP contribution in [0.15, 0.2) is 53.1 Å². The maximum atomic E-state index is 8.90. The van der Waals surface area contributed by atoms with E-state index in [2.05, 4.69) is 47.0 Å². The number of fused-ring (bicyclic) bond motifs is 1. The van der Waals surface area contributed by atoms with Crippen molar-refractivity contribution in [1.29, 1.82) is 5.26 Å². The quantitative estimate of drug-likeness (QED) is 0.566. The van der Waals surface area contributed by atoms with Crippen LogP contribution in [0.5, 0.6) is 0 Å². The molecule has 0 unspecified atom stereocenters. The van der Waals surface area contributed by atoms with E-state index in [1.54, 1.807) is 6.92 Å². The van der Waals surface area contributed by atoms with Crippen molar-refractivity contribution in [3.63, 3.8) is 0 Å². The van der Waals surface area contributed by atoms with E-state index in [4.69, 9.17) is 11.0 Å². The lowest BCUT2D eigenvalue weighted by Crippen LogP contribution is -2.15. The first-order chi connectivity index (χ1) is 11.0. The minimum atomic E-state index is 0.347. The van der Waals surface area contributed by atoms with Crippen molar-refractivity contribution in [1.82, 2.24) is 10.3 Å². The fraction of sp³-hybridized carbons (Fsp3) is 0.222. The predicted octanol–water partition coefficient (Wildman–Crippen LogP) is 2.91. The molecular formula is C18H21N5. The second kappa shape index (κ2) is 7.32. The fourth-order valence-corrected chi connectivity index (χ4v) is 2.32. The number of nitriles is 1. The molecule has 1 heterocycles. The average molecular weight is 307 g/mol. The number of nitrogens with two attached hydrogens (primary N) is 1. The van der Waals surface area contributed by atoms with Gasteiger partial charge in [-0.05, 0) is 31.4 Å². The third-order valence-electron chi connectivity index (χ3n) is 3.63. The molecule has 2 aromatic rings. The summed E-state index contributed by atoms with van der Waals surface area (Å²) >= 11 is 0. The van der Waals surface area contributed by atoms with Gasteiger partial charge in [-0.25, -0.2) is 4.99 Å². The standard InChI is InChI=1S/C18H21N5/c1-12-5-4-6-17-15(10-23-18(12)17)7-8-21-14(3)22-11-16(9-19)13(2)20/h4-6,10-11,21,23H,3,7-8,20H2,1-2H3/b16-13+,22-11-. The number of aryl methyl sites for hydroxylation is 1. The van der Waals surface area contributed by atoms with Gasteiger partial charge in [-0.2, -0.15) is 5.26 Å². The Bertz CT molecular complexity index is 814. The number of aromatic nitrogens is 1. The predicted molar refractivity (Wildman–Crippen MR) is 94.9 cm³/mol. The SMILES string of the molecule is C=C(/N=C\C(C#N)=C(/C)N)NCCc1c[nH]c2c(C)cccc12. The van der Waals surface area contributed by atoms with Gasteiger partial charge in [-0.15, -0.1) is 0 Å². The summed E-state index contributed by atoms with van der Waals surface area (Å²) in [6.07, 6.45) is 4.33. The van der Waals surface area contributed by atoms with Gasteiger partial charge in [-0.3, -0.25) is 0 Å². The third-order valence-corrected chi connectivity index (χ3v) is 3.63. The first kappa shape index (κ1) is 16.4. The molecule has 0 aliphatic heterocycles. The number of rotatable bonds is 6. The zero-order valence-electron chi connectivity index (χ0n) is 13.5. The summed E-state index contributed by atoms with van der Waals surface area (Å²) in [5.74, 6) is 0.509. The lowest BCUT2D eigenvalue weighted by Gasteiger charge is -2.05. The second-order valence-electron chi connectivity index (χ2n) is 5.40. The molecule has 0 fully saturated rings. The van der Waals surface area contributed by atoms with Crippen molar-refractivity contribution in [2.75, 3.05) is 6.54 Å². The van der Waals surface area contributed by atoms with Crippen LogP contribution >= 0.6 is 0 Å². The summed E-state index contributed by atoms with van der Waals surface area (Å²) in [6, 6.07) is 8.27. The lowest BCUT2D eigenvalue weighted by molar-refractivity contribution is 0.786. The monoisotopic (exact) mass is 307 g/mol. The van der Waals surface area contributed by atoms with Crippen LogP contribution < -0.4 is 11.1 Å². The molecule has 5 heteroatoms. The smallest absolute Gasteiger partial charge is 0.118 e. The summed E-state index contributed by atoms with van der Waals surface area (Å²) < 4.78 is 0. The van der Waals surface area contributed by atoms with E-state index in [0.717, 1.165) is 6.42 Å². The molecular weight excluding hydrogens is 286 g/mol. The van der Waals surface area contributed by atoms with Gasteiger partial charge >= 0.3 is 0 Å². The number of para-hydroxylation sites is 1. The molecule has 0 bridgehead atoms. The Kier molecular flexibility index (Phi) is 5.21. The topological polar surface area (TPSA) is 90.0 Å². The number of nitrogens with one attached hydrogen (secondary N) is 2. The van der Waals surface area contributed by atoms with E-state index in [9.17, 15) is 0 Å². The van der Waals surface area contributed by atoms with Gasteiger partial charge in [-0.1, -0.05) is 24.8 Å². The van der Waals surface area contributed by atoms with Gasteiger partial charge in [0.15, 0.2) is 0 Å². The first-order valence-electron chi connectivity index (χ1n) is 7.41. The van der Waals surface area contributed by atoms with Crippen LogP contribution in [0.1, 0.15) is 18.1 Å². The largest absolute Gasteiger partial charge is 0.401 e. The lowest BCUT2D eigenvalue weighted by atomic mass is 10.1. The van der Waals surface area contributed by atoms with Crippen molar-refractivity contribution >= 4 is 17.1 Å². The van der Waals surface area contributed by atoms with Gasteiger partial charge < -0.3 is 16.0 Å². The summed E-state index contributed by atoms with van der Waals surface area (Å²) in [7, 11) is 0. The number of H-pyrrole nitrogens is 1. The van der Waals surface area contributed by atoms with Crippen molar-refractivity contribution in [3.8, 4) is 6.07 Å². The Balaban J connectivity index is 1.93. The van der Waals surface area contributed by atoms with E-state index in [1.165, 1.54) is 28.2 Å². The zero-order valence-corrected chi connectivity index (χ0v) is 13.5. The Morgan fingerprint density at radius 2 is 2.30 bits per heavy atom. The van der Waals surface area contributed by atoms with Crippen LogP contribution in [0.4, 0.5) is 0 Å². The van der Waals surface area contributed by atoms with Crippen molar-refractivity contribution in [3.05, 3.63) is 59.2 Å². The number of allylic oxidation sites excluding steroid dienone is 2. The Hall–Kier alpha value is -3.00. The molecule has 0 saturated heterocycles. The molecule has 118 valence electrons. The molecule has 4 N–H and O–H groups in total. The van der Waals surface area contributed by atoms with Crippen LogP contribution in [0, 0.1) is 18.3 Å². The third kappa shape index (κ3) is 4.01. The molecule has 0 radical (unpaired) electrons. The molecule has 1 aromatic heterocycles. The molecule has 0 saturated carbocycles. The van der Waals surface area contributed by atoms with E-state index in [-0.39, 0.29) is 0 Å². The van der Waals surface area contributed by atoms with Gasteiger partial charge in [0, 0.05) is 35.6 Å². The number of aromatic amines is 1. The van der Waals surface area contributed by atoms with Crippen molar-refractivity contribution < 1.29 is 0 Å². The van der Waals surface area contributed by atoms with Gasteiger partial charge in [0.25, 0.3) is 0 Å². The molecule has 5 nitrogen and oxygen atoms in total. The molecule has 0 atom stereocenters. The van der Waals surface area contributed by atoms with Gasteiger partial charge in [0.1, 0.15) is 11.9 Å². The highest BCUT2D eigenvalue weighted by Crippen LogP contribution is 2.21. The number of nitrogens with zero attached hydrogens (tertiary/aromatic N) is 2. The number of aliphatic imine (C=N–C) groups is 1. The normalized spacial score (nSPS) is 12.2. The Labute approximate surface area is 136 Å². The molecule has 0 aliphatic carbocycles. The highest BCUT2D eigenvalue weighted by molar-refractivity contribution is 5.86. The summed E-state index contributed by atoms with van der Waals surface area (Å²) in [5, 5.41) is 13.3. The zero-order chi connectivity index (χ0) is 16.8. The van der Waals surface area contributed by atoms with E-state index < -0.39 is 0 Å². The fourth-order valence-electron chi connectivity index (χ4n) is 2.32. The Morgan fingerprint density at radius 3 is 3.00 bits per heavy atom. The molecule has 0 amide bonds. The molecule has 1 aromatic carbocycles. The number of hydrogen-bond donors (Lipinski definition) is 3. The minimum absolute atomic E-state index is 0.347. The van der Waals surface area contributed by atoms with Crippen LogP contribution in [0.2, 0.25) is 0 Å². The van der Waals surface area contributed by atoms with E-state index >= 15 is 0 Å². The van der Waals surface area contributed by atoms with Crippen molar-refractivity contribution in [2.24, 2.45) is 10.7 Å². The van der Waals surface area contributed by atoms with Crippen LogP contribution in [-0.2, 0) is 6.42 Å². The number of hydrogen-bond acceptors (Lipinski definition) is 4. The first-order valence-corrected chi connectivity index (χ1v) is 7.41. The summed E-state index contributed by atoms with van der Waals surface area (Å²) in [4.78, 5) is 7.43. The highest BCUT2D eigenvalue weighted by Gasteiger charge is 2.04. The minimum Gasteiger partial charge on any atom is -0.401 e. The maximum absolute atomic E-state index is 8.90. The van der Waals surface area contributed by atoms with Crippen molar-refractivity contribution in [2.45, 2.75) is 20.3 Å². The number of benzene rings is 1. The van der Waals surface area contributed by atoms with Crippen LogP contribution in [0.3, 0.4) is 0 Å². The molecule has 0 spiro atoms. The summed E-state index contributed by atoms with van der Waals surface area (Å²) in [6.45, 7) is 8.30. The van der Waals surface area contributed by atoms with Crippen LogP contribution in [-0.4, -0.2) is 17.7 Å². The highest BCUT2D eigenvalue weighted by atomic mass is 15.0. The van der Waals surface area contributed by atoms with E-state index in [0.29, 0.717) is 23.6 Å². The van der Waals surface area contributed by atoms with Crippen LogP contribution in [0.25, 0.3) is 10.9 Å². The second-order valence-corrected chi connectivity index (χ2v) is 5.40. The van der Waals surface area contributed by atoms with Gasteiger partial charge in [0.2, 0.25) is 0 Å². The Morgan fingerprint density at radius 1 is 1.52 bits per heavy atom. The average Bonchev–Trinajstić information content (AvgIpc) is 2.92. The molecule has 0 aliphatic rings. The maximum Gasteiger partial charge on any atom is 0.118 e. The summed E-state index contributed by atoms with van der Waals surface area (Å²) in [5.41, 5.74) is 10.0.